The molecule has 0 saturated carbocycles. The summed E-state index contributed by atoms with van der Waals surface area (Å²) in [7, 11) is 0. The van der Waals surface area contributed by atoms with E-state index < -0.39 is 5.91 Å². The number of nitrogens with zero attached hydrogens (tertiary/aromatic N) is 1. The van der Waals surface area contributed by atoms with Crippen molar-refractivity contribution in [3.05, 3.63) is 28.5 Å². The molecule has 0 bridgehead atoms. The first kappa shape index (κ1) is 8.01. The zero-order chi connectivity index (χ0) is 8.43. The summed E-state index contributed by atoms with van der Waals surface area (Å²) in [6, 6.07) is 1.55. The number of pyridine rings is 1. The smallest absolute Gasteiger partial charge is 0.249 e. The van der Waals surface area contributed by atoms with E-state index >= 15 is 0 Å². The van der Waals surface area contributed by atoms with Gasteiger partial charge in [0.25, 0.3) is 0 Å². The molecule has 1 aromatic heterocycles. The highest BCUT2D eigenvalue weighted by Gasteiger charge is 2.06. The third-order valence-corrected chi connectivity index (χ3v) is 1.79. The monoisotopic (exact) mass is 170 g/mol. The zero-order valence-electron chi connectivity index (χ0n) is 5.97. The zero-order valence-corrected chi connectivity index (χ0v) is 6.72. The Bertz CT molecular complexity index is 298. The summed E-state index contributed by atoms with van der Waals surface area (Å²) < 4.78 is 0. The van der Waals surface area contributed by atoms with Gasteiger partial charge in [0, 0.05) is 11.8 Å². The molecule has 1 rings (SSSR count). The van der Waals surface area contributed by atoms with Crippen molar-refractivity contribution < 1.29 is 4.79 Å². The minimum Gasteiger partial charge on any atom is -0.366 e. The van der Waals surface area contributed by atoms with Gasteiger partial charge in [0.2, 0.25) is 5.91 Å². The lowest BCUT2D eigenvalue weighted by Gasteiger charge is -2.00. The van der Waals surface area contributed by atoms with Gasteiger partial charge >= 0.3 is 0 Å². The van der Waals surface area contributed by atoms with Crippen LogP contribution in [0.4, 0.5) is 0 Å². The lowest BCUT2D eigenvalue weighted by Crippen LogP contribution is -2.12. The second-order valence-corrected chi connectivity index (χ2v) is 2.50. The highest BCUT2D eigenvalue weighted by atomic mass is 35.5. The molecule has 0 aliphatic rings. The lowest BCUT2D eigenvalue weighted by atomic mass is 10.1. The molecule has 2 N–H and O–H groups in total. The number of nitrogens with two attached hydrogens (primary N) is 1. The number of carbonyl (C=O) groups is 1. The van der Waals surface area contributed by atoms with E-state index in [0.717, 1.165) is 0 Å². The van der Waals surface area contributed by atoms with Gasteiger partial charge in [-0.25, -0.2) is 4.98 Å². The van der Waals surface area contributed by atoms with Crippen LogP contribution in [-0.2, 0) is 0 Å². The van der Waals surface area contributed by atoms with E-state index in [1.165, 1.54) is 6.20 Å². The molecule has 0 atom stereocenters. The number of hydrogen-bond acceptors (Lipinski definition) is 2. The summed E-state index contributed by atoms with van der Waals surface area (Å²) >= 11 is 5.64. The molecule has 0 aromatic carbocycles. The number of amides is 1. The van der Waals surface area contributed by atoms with Crippen LogP contribution in [0, 0.1) is 6.92 Å². The van der Waals surface area contributed by atoms with Gasteiger partial charge in [-0.2, -0.15) is 0 Å². The first-order chi connectivity index (χ1) is 5.13. The van der Waals surface area contributed by atoms with Crippen molar-refractivity contribution in [1.82, 2.24) is 4.98 Å². The predicted molar refractivity (Wildman–Crippen MR) is 42.5 cm³/mol. The minimum absolute atomic E-state index is 0.321. The molecular weight excluding hydrogens is 164 g/mol. The Hall–Kier alpha value is -1.09. The number of hydrogen-bond donors (Lipinski definition) is 1. The van der Waals surface area contributed by atoms with Crippen molar-refractivity contribution in [2.24, 2.45) is 5.73 Å². The average molecular weight is 171 g/mol. The molecule has 0 aliphatic heterocycles. The Balaban J connectivity index is 3.27. The highest BCUT2D eigenvalue weighted by molar-refractivity contribution is 6.30. The quantitative estimate of drug-likeness (QED) is 0.643. The summed E-state index contributed by atoms with van der Waals surface area (Å²) in [5.41, 5.74) is 6.11. The van der Waals surface area contributed by atoms with Crippen LogP contribution in [0.5, 0.6) is 0 Å². The summed E-state index contributed by atoms with van der Waals surface area (Å²) in [5, 5.41) is 0.321. The van der Waals surface area contributed by atoms with Crippen LogP contribution in [0.3, 0.4) is 0 Å². The molecule has 0 fully saturated rings. The molecule has 0 spiro atoms. The Morgan fingerprint density at radius 2 is 2.36 bits per heavy atom. The fourth-order valence-corrected chi connectivity index (χ4v) is 0.935. The second kappa shape index (κ2) is 2.88. The third-order valence-electron chi connectivity index (χ3n) is 1.41. The Morgan fingerprint density at radius 3 is 2.82 bits per heavy atom. The summed E-state index contributed by atoms with van der Waals surface area (Å²) in [6.45, 7) is 1.70. The van der Waals surface area contributed by atoms with E-state index in [1.807, 2.05) is 0 Å². The van der Waals surface area contributed by atoms with Gasteiger partial charge in [0.1, 0.15) is 5.15 Å². The van der Waals surface area contributed by atoms with Crippen LogP contribution in [0.1, 0.15) is 15.9 Å². The van der Waals surface area contributed by atoms with Crippen molar-refractivity contribution in [1.29, 1.82) is 0 Å². The molecule has 0 unspecified atom stereocenters. The van der Waals surface area contributed by atoms with Gasteiger partial charge in [-0.1, -0.05) is 11.6 Å². The predicted octanol–water partition coefficient (Wildman–Crippen LogP) is 1.14. The molecule has 1 heterocycles. The van der Waals surface area contributed by atoms with Crippen LogP contribution < -0.4 is 5.73 Å². The molecule has 58 valence electrons. The standard InChI is InChI=1S/C7H7ClN2O/c1-4-5(7(9)11)2-3-10-6(4)8/h2-3H,1H3,(H2,9,11). The molecule has 0 saturated heterocycles. The number of rotatable bonds is 1. The number of halogens is 1. The molecule has 0 radical (unpaired) electrons. The van der Waals surface area contributed by atoms with Crippen LogP contribution in [-0.4, -0.2) is 10.9 Å². The minimum atomic E-state index is -0.480. The molecular formula is C7H7ClN2O. The average Bonchev–Trinajstić information content (AvgIpc) is 1.94. The largest absolute Gasteiger partial charge is 0.366 e. The van der Waals surface area contributed by atoms with Crippen molar-refractivity contribution >= 4 is 17.5 Å². The molecule has 3 nitrogen and oxygen atoms in total. The summed E-state index contributed by atoms with van der Waals surface area (Å²) in [4.78, 5) is 14.5. The number of primary amides is 1. The van der Waals surface area contributed by atoms with Crippen LogP contribution in [0.15, 0.2) is 12.3 Å². The Labute approximate surface area is 69.2 Å². The third kappa shape index (κ3) is 1.49. The van der Waals surface area contributed by atoms with Gasteiger partial charge in [-0.3, -0.25) is 4.79 Å². The van der Waals surface area contributed by atoms with Crippen molar-refractivity contribution in [2.45, 2.75) is 6.92 Å². The first-order valence-corrected chi connectivity index (χ1v) is 3.41. The maximum Gasteiger partial charge on any atom is 0.249 e. The van der Waals surface area contributed by atoms with Gasteiger partial charge < -0.3 is 5.73 Å². The fourth-order valence-electron chi connectivity index (χ4n) is 0.777. The molecule has 1 amide bonds. The van der Waals surface area contributed by atoms with E-state index in [4.69, 9.17) is 17.3 Å². The summed E-state index contributed by atoms with van der Waals surface area (Å²) in [6.07, 6.45) is 1.45. The first-order valence-electron chi connectivity index (χ1n) is 3.04. The number of aromatic nitrogens is 1. The maximum atomic E-state index is 10.7. The lowest BCUT2D eigenvalue weighted by molar-refractivity contribution is 0.0999. The van der Waals surface area contributed by atoms with E-state index in [0.29, 0.717) is 16.3 Å². The number of carbonyl (C=O) groups excluding carboxylic acids is 1. The second-order valence-electron chi connectivity index (χ2n) is 2.14. The van der Waals surface area contributed by atoms with Gasteiger partial charge in [0.15, 0.2) is 0 Å². The Kier molecular flexibility index (Phi) is 2.10. The van der Waals surface area contributed by atoms with Gasteiger partial charge in [-0.15, -0.1) is 0 Å². The molecule has 0 aliphatic carbocycles. The summed E-state index contributed by atoms with van der Waals surface area (Å²) in [5.74, 6) is -0.480. The maximum absolute atomic E-state index is 10.7. The van der Waals surface area contributed by atoms with Crippen molar-refractivity contribution in [3.8, 4) is 0 Å². The van der Waals surface area contributed by atoms with E-state index in [2.05, 4.69) is 4.98 Å². The fraction of sp³-hybridized carbons (Fsp3) is 0.143. The van der Waals surface area contributed by atoms with Crippen LogP contribution >= 0.6 is 11.6 Å². The molecule has 11 heavy (non-hydrogen) atoms. The van der Waals surface area contributed by atoms with Crippen LogP contribution in [0.25, 0.3) is 0 Å². The normalized spacial score (nSPS) is 9.64. The van der Waals surface area contributed by atoms with E-state index in [-0.39, 0.29) is 0 Å². The van der Waals surface area contributed by atoms with E-state index in [1.54, 1.807) is 13.0 Å². The van der Waals surface area contributed by atoms with Gasteiger partial charge in [0.05, 0.1) is 0 Å². The van der Waals surface area contributed by atoms with E-state index in [9.17, 15) is 4.79 Å². The Morgan fingerprint density at radius 1 is 1.73 bits per heavy atom. The topological polar surface area (TPSA) is 56.0 Å². The SMILES string of the molecule is Cc1c(C(N)=O)ccnc1Cl. The van der Waals surface area contributed by atoms with Gasteiger partial charge in [-0.05, 0) is 18.6 Å². The van der Waals surface area contributed by atoms with Crippen LogP contribution in [0.2, 0.25) is 5.15 Å². The highest BCUT2D eigenvalue weighted by Crippen LogP contribution is 2.14. The molecule has 4 heteroatoms. The molecule has 1 aromatic rings. The van der Waals surface area contributed by atoms with Crippen molar-refractivity contribution in [3.63, 3.8) is 0 Å². The van der Waals surface area contributed by atoms with Crippen molar-refractivity contribution in [2.75, 3.05) is 0 Å².